The van der Waals surface area contributed by atoms with Crippen molar-refractivity contribution >= 4 is 34.3 Å². The fraction of sp³-hybridized carbons (Fsp3) is 0.318. The Morgan fingerprint density at radius 2 is 1.97 bits per heavy atom. The van der Waals surface area contributed by atoms with E-state index >= 15 is 0 Å². The van der Waals surface area contributed by atoms with Crippen molar-refractivity contribution in [3.63, 3.8) is 0 Å². The quantitative estimate of drug-likeness (QED) is 0.476. The lowest BCUT2D eigenvalue weighted by molar-refractivity contribution is -0.137. The summed E-state index contributed by atoms with van der Waals surface area (Å²) in [5.74, 6) is 0.0213. The van der Waals surface area contributed by atoms with Crippen molar-refractivity contribution in [2.24, 2.45) is 11.7 Å². The summed E-state index contributed by atoms with van der Waals surface area (Å²) >= 11 is 1.07. The first-order valence-corrected chi connectivity index (χ1v) is 11.3. The van der Waals surface area contributed by atoms with Crippen molar-refractivity contribution in [2.75, 3.05) is 35.6 Å². The largest absolute Gasteiger partial charge is 0.417 e. The van der Waals surface area contributed by atoms with Gasteiger partial charge in [0, 0.05) is 42.1 Å². The summed E-state index contributed by atoms with van der Waals surface area (Å²) < 4.78 is 39.0. The number of anilines is 3. The molecule has 1 aliphatic rings. The summed E-state index contributed by atoms with van der Waals surface area (Å²) in [4.78, 5) is 23.0. The number of hydrogen-bond donors (Lipinski definition) is 3. The second kappa shape index (κ2) is 9.36. The molecule has 0 bridgehead atoms. The fourth-order valence-electron chi connectivity index (χ4n) is 3.75. The zero-order valence-corrected chi connectivity index (χ0v) is 18.4. The predicted octanol–water partition coefficient (Wildman–Crippen LogP) is 4.23. The summed E-state index contributed by atoms with van der Waals surface area (Å²) in [6, 6.07) is 6.30. The van der Waals surface area contributed by atoms with Crippen LogP contribution < -0.4 is 21.7 Å². The molecule has 33 heavy (non-hydrogen) atoms. The number of benzene rings is 1. The van der Waals surface area contributed by atoms with Crippen LogP contribution in [0.5, 0.6) is 0 Å². The van der Waals surface area contributed by atoms with E-state index in [9.17, 15) is 18.0 Å². The van der Waals surface area contributed by atoms with E-state index in [-0.39, 0.29) is 16.3 Å². The number of rotatable bonds is 5. The van der Waals surface area contributed by atoms with Crippen molar-refractivity contribution in [2.45, 2.75) is 19.0 Å². The number of nitrogens with zero attached hydrogens (tertiary/aromatic N) is 3. The Labute approximate surface area is 192 Å². The van der Waals surface area contributed by atoms with E-state index < -0.39 is 17.6 Å². The Hall–Kier alpha value is -3.18. The number of nitrogen functional groups attached to an aromatic ring is 1. The lowest BCUT2D eigenvalue weighted by Crippen LogP contribution is -2.36. The second-order valence-corrected chi connectivity index (χ2v) is 8.75. The average molecular weight is 477 g/mol. The van der Waals surface area contributed by atoms with Crippen LogP contribution in [0.2, 0.25) is 0 Å². The molecule has 0 saturated carbocycles. The molecule has 1 amide bonds. The Morgan fingerprint density at radius 3 is 2.67 bits per heavy atom. The molecule has 1 fully saturated rings. The molecule has 1 saturated heterocycles. The summed E-state index contributed by atoms with van der Waals surface area (Å²) in [7, 11) is 0. The highest BCUT2D eigenvalue weighted by Gasteiger charge is 2.31. The van der Waals surface area contributed by atoms with E-state index in [1.807, 2.05) is 6.07 Å². The number of halogens is 3. The minimum absolute atomic E-state index is 0.0997. The maximum absolute atomic E-state index is 13.0. The van der Waals surface area contributed by atoms with Crippen LogP contribution in [0.3, 0.4) is 0 Å². The van der Waals surface area contributed by atoms with E-state index in [0.717, 1.165) is 55.2 Å². The Balaban J connectivity index is 1.53. The van der Waals surface area contributed by atoms with Gasteiger partial charge in [0.15, 0.2) is 0 Å². The molecule has 1 aromatic carbocycles. The number of aromatic nitrogens is 2. The van der Waals surface area contributed by atoms with Gasteiger partial charge in [-0.3, -0.25) is 9.78 Å². The molecule has 5 N–H and O–H groups in total. The smallest absolute Gasteiger partial charge is 0.399 e. The molecule has 0 spiro atoms. The standard InChI is InChI=1S/C22H23F3N6OS/c23-22(24,25)15-7-14(10-28-11-15)21-30-18(12-33-21)20(32)29-17-8-16(27)1-2-19(17)31-5-3-13(9-26)4-6-31/h1-2,7-8,10-13H,3-6,9,26-27H2,(H,29,32). The van der Waals surface area contributed by atoms with Crippen LogP contribution in [-0.4, -0.2) is 35.5 Å². The molecular formula is C22H23F3N6OS. The lowest BCUT2D eigenvalue weighted by atomic mass is 9.96. The SMILES string of the molecule is NCC1CCN(c2ccc(N)cc2NC(=O)c2csc(-c3cncc(C(F)(F)F)c3)n2)CC1. The van der Waals surface area contributed by atoms with Crippen LogP contribution in [0.1, 0.15) is 28.9 Å². The van der Waals surface area contributed by atoms with Crippen LogP contribution in [0.25, 0.3) is 10.6 Å². The van der Waals surface area contributed by atoms with Crippen molar-refractivity contribution in [3.05, 3.63) is 53.3 Å². The molecule has 0 aliphatic carbocycles. The van der Waals surface area contributed by atoms with Crippen LogP contribution >= 0.6 is 11.3 Å². The number of nitrogens with one attached hydrogen (secondary N) is 1. The predicted molar refractivity (Wildman–Crippen MR) is 123 cm³/mol. The highest BCUT2D eigenvalue weighted by atomic mass is 32.1. The maximum atomic E-state index is 13.0. The number of alkyl halides is 3. The molecule has 7 nitrogen and oxygen atoms in total. The maximum Gasteiger partial charge on any atom is 0.417 e. The van der Waals surface area contributed by atoms with Gasteiger partial charge in [0.05, 0.1) is 16.9 Å². The summed E-state index contributed by atoms with van der Waals surface area (Å²) in [6.07, 6.45) is -0.536. The van der Waals surface area contributed by atoms with Crippen LogP contribution in [-0.2, 0) is 6.18 Å². The molecule has 174 valence electrons. The van der Waals surface area contributed by atoms with Crippen LogP contribution in [0, 0.1) is 5.92 Å². The number of carbonyl (C=O) groups is 1. The van der Waals surface area contributed by atoms with Gasteiger partial charge in [-0.25, -0.2) is 4.98 Å². The summed E-state index contributed by atoms with van der Waals surface area (Å²) in [5, 5.41) is 4.63. The highest BCUT2D eigenvalue weighted by molar-refractivity contribution is 7.13. The molecule has 4 rings (SSSR count). The van der Waals surface area contributed by atoms with E-state index in [1.54, 1.807) is 12.1 Å². The number of carbonyl (C=O) groups excluding carboxylic acids is 1. The van der Waals surface area contributed by atoms with Gasteiger partial charge in [0.1, 0.15) is 10.7 Å². The zero-order chi connectivity index (χ0) is 23.6. The van der Waals surface area contributed by atoms with Gasteiger partial charge >= 0.3 is 6.18 Å². The molecule has 0 radical (unpaired) electrons. The van der Waals surface area contributed by atoms with Crippen LogP contribution in [0.4, 0.5) is 30.2 Å². The van der Waals surface area contributed by atoms with Gasteiger partial charge in [0.25, 0.3) is 5.91 Å². The van der Waals surface area contributed by atoms with Gasteiger partial charge < -0.3 is 21.7 Å². The molecular weight excluding hydrogens is 453 g/mol. The van der Waals surface area contributed by atoms with Crippen molar-refractivity contribution in [1.29, 1.82) is 0 Å². The monoisotopic (exact) mass is 476 g/mol. The third-order valence-electron chi connectivity index (χ3n) is 5.61. The Morgan fingerprint density at radius 1 is 1.21 bits per heavy atom. The van der Waals surface area contributed by atoms with E-state index in [2.05, 4.69) is 20.2 Å². The lowest BCUT2D eigenvalue weighted by Gasteiger charge is -2.34. The molecule has 0 atom stereocenters. The van der Waals surface area contributed by atoms with Gasteiger partial charge in [-0.1, -0.05) is 0 Å². The second-order valence-electron chi connectivity index (χ2n) is 7.89. The zero-order valence-electron chi connectivity index (χ0n) is 17.6. The van der Waals surface area contributed by atoms with Gasteiger partial charge in [0.2, 0.25) is 0 Å². The van der Waals surface area contributed by atoms with Gasteiger partial charge in [-0.15, -0.1) is 11.3 Å². The first-order valence-electron chi connectivity index (χ1n) is 10.4. The third-order valence-corrected chi connectivity index (χ3v) is 6.50. The Kier molecular flexibility index (Phi) is 6.52. The molecule has 3 heterocycles. The number of pyridine rings is 1. The van der Waals surface area contributed by atoms with Crippen molar-refractivity contribution in [1.82, 2.24) is 9.97 Å². The Bertz CT molecular complexity index is 1140. The topological polar surface area (TPSA) is 110 Å². The number of thiazole rings is 1. The normalized spacial score (nSPS) is 15.0. The average Bonchev–Trinajstić information content (AvgIpc) is 3.30. The van der Waals surface area contributed by atoms with E-state index in [1.165, 1.54) is 11.6 Å². The van der Waals surface area contributed by atoms with Crippen molar-refractivity contribution < 1.29 is 18.0 Å². The minimum Gasteiger partial charge on any atom is -0.399 e. The first kappa shape index (κ1) is 23.0. The van der Waals surface area contributed by atoms with E-state index in [4.69, 9.17) is 11.5 Å². The van der Waals surface area contributed by atoms with E-state index in [0.29, 0.717) is 23.8 Å². The molecule has 0 unspecified atom stereocenters. The first-order chi connectivity index (χ1) is 15.7. The number of nitrogens with two attached hydrogens (primary N) is 2. The molecule has 1 aliphatic heterocycles. The number of hydrogen-bond acceptors (Lipinski definition) is 7. The van der Waals surface area contributed by atoms with Gasteiger partial charge in [-0.05, 0) is 49.6 Å². The number of piperidine rings is 1. The molecule has 2 aromatic heterocycles. The fourth-order valence-corrected chi connectivity index (χ4v) is 4.53. The number of amides is 1. The van der Waals surface area contributed by atoms with Crippen LogP contribution in [0.15, 0.2) is 42.0 Å². The highest BCUT2D eigenvalue weighted by Crippen LogP contribution is 2.34. The molecule has 3 aromatic rings. The summed E-state index contributed by atoms with van der Waals surface area (Å²) in [5.41, 5.74) is 13.1. The third kappa shape index (κ3) is 5.25. The molecule has 11 heteroatoms. The summed E-state index contributed by atoms with van der Waals surface area (Å²) in [6.45, 7) is 2.29. The van der Waals surface area contributed by atoms with Gasteiger partial charge in [-0.2, -0.15) is 13.2 Å². The minimum atomic E-state index is -4.51. The van der Waals surface area contributed by atoms with Crippen molar-refractivity contribution in [3.8, 4) is 10.6 Å².